The molecule has 3 rings (SSSR count). The summed E-state index contributed by atoms with van der Waals surface area (Å²) in [4.78, 5) is 21.4. The fourth-order valence-corrected chi connectivity index (χ4v) is 2.84. The van der Waals surface area contributed by atoms with Crippen molar-refractivity contribution in [2.45, 2.75) is 13.5 Å². The van der Waals surface area contributed by atoms with Crippen molar-refractivity contribution in [2.24, 2.45) is 0 Å². The fourth-order valence-electron chi connectivity index (χ4n) is 2.84. The molecule has 0 saturated carbocycles. The number of fused-ring (bicyclic) bond motifs is 1. The van der Waals surface area contributed by atoms with E-state index in [1.54, 1.807) is 18.5 Å². The molecule has 2 aromatic rings. The van der Waals surface area contributed by atoms with E-state index in [-0.39, 0.29) is 0 Å². The molecule has 1 aliphatic rings. The first-order chi connectivity index (χ1) is 11.6. The Kier molecular flexibility index (Phi) is 4.96. The molecule has 0 atom stereocenters. The number of likely N-dealkylation sites (N-methyl/N-ethyl adjacent to an activating group) is 1. The van der Waals surface area contributed by atoms with Crippen LogP contribution in [0, 0.1) is 0 Å². The van der Waals surface area contributed by atoms with Crippen molar-refractivity contribution in [3.05, 3.63) is 23.5 Å². The Balaban J connectivity index is 2.02. The van der Waals surface area contributed by atoms with Crippen LogP contribution in [-0.2, 0) is 16.1 Å². The number of esters is 1. The second-order valence-electron chi connectivity index (χ2n) is 5.86. The van der Waals surface area contributed by atoms with Crippen LogP contribution in [0.25, 0.3) is 5.65 Å². The van der Waals surface area contributed by atoms with E-state index in [1.165, 1.54) is 6.20 Å². The summed E-state index contributed by atoms with van der Waals surface area (Å²) in [7, 11) is 3.77. The summed E-state index contributed by atoms with van der Waals surface area (Å²) < 4.78 is 12.0. The van der Waals surface area contributed by atoms with Gasteiger partial charge >= 0.3 is 5.97 Å². The molecule has 0 radical (unpaired) electrons. The predicted octanol–water partition coefficient (Wildman–Crippen LogP) is 0.804. The Morgan fingerprint density at radius 3 is 2.71 bits per heavy atom. The van der Waals surface area contributed by atoms with Gasteiger partial charge in [-0.2, -0.15) is 5.10 Å². The topological polar surface area (TPSA) is 72.2 Å². The fraction of sp³-hybridized carbons (Fsp3) is 0.562. The summed E-state index contributed by atoms with van der Waals surface area (Å²) in [5, 5.41) is 4.23. The Morgan fingerprint density at radius 2 is 2.04 bits per heavy atom. The van der Waals surface area contributed by atoms with Crippen LogP contribution in [0.2, 0.25) is 0 Å². The molecule has 0 N–H and O–H groups in total. The molecule has 8 heteroatoms. The first kappa shape index (κ1) is 16.7. The Hall–Kier alpha value is -2.19. The molecule has 0 spiro atoms. The maximum atomic E-state index is 12.1. The van der Waals surface area contributed by atoms with Crippen molar-refractivity contribution in [1.82, 2.24) is 19.5 Å². The normalized spacial score (nSPS) is 15.9. The lowest BCUT2D eigenvalue weighted by Crippen LogP contribution is -2.45. The highest BCUT2D eigenvalue weighted by Crippen LogP contribution is 2.23. The highest BCUT2D eigenvalue weighted by molar-refractivity contribution is 5.95. The van der Waals surface area contributed by atoms with Crippen molar-refractivity contribution in [3.63, 3.8) is 0 Å². The zero-order chi connectivity index (χ0) is 17.1. The molecule has 1 fully saturated rings. The Bertz CT molecular complexity index is 722. The number of piperazine rings is 1. The predicted molar refractivity (Wildman–Crippen MR) is 89.4 cm³/mol. The number of hydrogen-bond acceptors (Lipinski definition) is 7. The van der Waals surface area contributed by atoms with E-state index in [4.69, 9.17) is 14.5 Å². The SMILES string of the molecule is CCOC(=O)c1cnn2cc(COC)c(N3CCN(C)CC3)nc12. The molecule has 1 saturated heterocycles. The molecule has 0 aromatic carbocycles. The third-order valence-electron chi connectivity index (χ3n) is 4.14. The maximum Gasteiger partial charge on any atom is 0.343 e. The monoisotopic (exact) mass is 333 g/mol. The van der Waals surface area contributed by atoms with Gasteiger partial charge in [0.25, 0.3) is 0 Å². The summed E-state index contributed by atoms with van der Waals surface area (Å²) in [5.41, 5.74) is 1.85. The first-order valence-corrected chi connectivity index (χ1v) is 8.10. The minimum atomic E-state index is -0.399. The lowest BCUT2D eigenvalue weighted by Gasteiger charge is -2.34. The number of rotatable bonds is 5. The molecule has 0 bridgehead atoms. The molecule has 3 heterocycles. The second kappa shape index (κ2) is 7.14. The molecule has 2 aromatic heterocycles. The zero-order valence-electron chi connectivity index (χ0n) is 14.4. The van der Waals surface area contributed by atoms with Gasteiger partial charge in [0.2, 0.25) is 0 Å². The molecule has 0 unspecified atom stereocenters. The highest BCUT2D eigenvalue weighted by atomic mass is 16.5. The summed E-state index contributed by atoms with van der Waals surface area (Å²) in [6, 6.07) is 0. The van der Waals surface area contributed by atoms with E-state index in [0.29, 0.717) is 24.4 Å². The standard InChI is InChI=1S/C16H23N5O3/c1-4-24-16(22)13-9-17-21-10-12(11-23-3)14(18-15(13)21)20-7-5-19(2)6-8-20/h9-10H,4-8,11H2,1-3H3. The minimum absolute atomic E-state index is 0.323. The van der Waals surface area contributed by atoms with Crippen molar-refractivity contribution >= 4 is 17.4 Å². The molecule has 24 heavy (non-hydrogen) atoms. The van der Waals surface area contributed by atoms with Crippen LogP contribution >= 0.6 is 0 Å². The molecular formula is C16H23N5O3. The number of ether oxygens (including phenoxy) is 2. The van der Waals surface area contributed by atoms with E-state index in [1.807, 2.05) is 6.20 Å². The van der Waals surface area contributed by atoms with Crippen molar-refractivity contribution < 1.29 is 14.3 Å². The number of carbonyl (C=O) groups is 1. The molecular weight excluding hydrogens is 310 g/mol. The third-order valence-corrected chi connectivity index (χ3v) is 4.14. The van der Waals surface area contributed by atoms with Gasteiger partial charge in [0, 0.05) is 45.0 Å². The van der Waals surface area contributed by atoms with Gasteiger partial charge in [0.1, 0.15) is 11.4 Å². The van der Waals surface area contributed by atoms with E-state index >= 15 is 0 Å². The van der Waals surface area contributed by atoms with Gasteiger partial charge in [-0.3, -0.25) is 0 Å². The van der Waals surface area contributed by atoms with Crippen LogP contribution in [0.1, 0.15) is 22.8 Å². The van der Waals surface area contributed by atoms with E-state index in [2.05, 4.69) is 21.9 Å². The number of methoxy groups -OCH3 is 1. The zero-order valence-corrected chi connectivity index (χ0v) is 14.4. The average molecular weight is 333 g/mol. The number of hydrogen-bond donors (Lipinski definition) is 0. The summed E-state index contributed by atoms with van der Waals surface area (Å²) in [6.45, 7) is 6.27. The summed E-state index contributed by atoms with van der Waals surface area (Å²) in [5.74, 6) is 0.451. The minimum Gasteiger partial charge on any atom is -0.462 e. The molecule has 1 aliphatic heterocycles. The van der Waals surface area contributed by atoms with Crippen molar-refractivity contribution in [3.8, 4) is 0 Å². The molecule has 0 amide bonds. The van der Waals surface area contributed by atoms with Crippen LogP contribution < -0.4 is 4.90 Å². The summed E-state index contributed by atoms with van der Waals surface area (Å²) in [6.07, 6.45) is 3.38. The highest BCUT2D eigenvalue weighted by Gasteiger charge is 2.22. The Labute approximate surface area is 141 Å². The quantitative estimate of drug-likeness (QED) is 0.750. The van der Waals surface area contributed by atoms with Gasteiger partial charge in [0.15, 0.2) is 5.65 Å². The van der Waals surface area contributed by atoms with E-state index in [0.717, 1.165) is 37.6 Å². The van der Waals surface area contributed by atoms with E-state index < -0.39 is 5.97 Å². The van der Waals surface area contributed by atoms with Crippen LogP contribution in [0.15, 0.2) is 12.4 Å². The largest absolute Gasteiger partial charge is 0.462 e. The maximum absolute atomic E-state index is 12.1. The smallest absolute Gasteiger partial charge is 0.343 e. The van der Waals surface area contributed by atoms with Crippen LogP contribution in [0.5, 0.6) is 0 Å². The lowest BCUT2D eigenvalue weighted by atomic mass is 10.2. The number of anilines is 1. The molecule has 130 valence electrons. The average Bonchev–Trinajstić information content (AvgIpc) is 2.98. The second-order valence-corrected chi connectivity index (χ2v) is 5.86. The van der Waals surface area contributed by atoms with Crippen molar-refractivity contribution in [2.75, 3.05) is 51.8 Å². The molecule has 8 nitrogen and oxygen atoms in total. The van der Waals surface area contributed by atoms with Gasteiger partial charge in [-0.05, 0) is 14.0 Å². The van der Waals surface area contributed by atoms with Gasteiger partial charge < -0.3 is 19.3 Å². The third kappa shape index (κ3) is 3.20. The Morgan fingerprint density at radius 1 is 1.29 bits per heavy atom. The van der Waals surface area contributed by atoms with Gasteiger partial charge in [-0.15, -0.1) is 0 Å². The van der Waals surface area contributed by atoms with Gasteiger partial charge in [0.05, 0.1) is 19.4 Å². The lowest BCUT2D eigenvalue weighted by molar-refractivity contribution is 0.0528. The van der Waals surface area contributed by atoms with E-state index in [9.17, 15) is 4.79 Å². The molecule has 0 aliphatic carbocycles. The number of aromatic nitrogens is 3. The van der Waals surface area contributed by atoms with Crippen LogP contribution in [0.4, 0.5) is 5.82 Å². The van der Waals surface area contributed by atoms with Gasteiger partial charge in [-0.25, -0.2) is 14.3 Å². The number of carbonyl (C=O) groups excluding carboxylic acids is 1. The van der Waals surface area contributed by atoms with Crippen LogP contribution in [-0.4, -0.2) is 72.4 Å². The first-order valence-electron chi connectivity index (χ1n) is 8.10. The van der Waals surface area contributed by atoms with Crippen LogP contribution in [0.3, 0.4) is 0 Å². The number of nitrogens with zero attached hydrogens (tertiary/aromatic N) is 5. The summed E-state index contributed by atoms with van der Waals surface area (Å²) >= 11 is 0. The van der Waals surface area contributed by atoms with Gasteiger partial charge in [-0.1, -0.05) is 0 Å². The van der Waals surface area contributed by atoms with Crippen molar-refractivity contribution in [1.29, 1.82) is 0 Å².